The van der Waals surface area contributed by atoms with Gasteiger partial charge in [0.2, 0.25) is 5.91 Å². The standard InChI is InChI=1S/C26H25Cl2N3O3/c27-18-3-1-2-15(10-18)11-24-26(33)31-22-12-16(4-7-23(22)34-24)25(32)29-9-8-17-14-30-21-6-5-19(28)13-20(17)21/h1-3,5-6,10-11,13-14,16,22-23,30H,4,7-9,12H2,(H,29,32)(H,31,33)/b24-11-. The first kappa shape index (κ1) is 22.8. The summed E-state index contributed by atoms with van der Waals surface area (Å²) in [6.45, 7) is 0.540. The fourth-order valence-corrected chi connectivity index (χ4v) is 5.17. The molecule has 1 saturated heterocycles. The van der Waals surface area contributed by atoms with Gasteiger partial charge in [-0.05, 0) is 73.2 Å². The minimum Gasteiger partial charge on any atom is -0.483 e. The topological polar surface area (TPSA) is 83.2 Å². The molecule has 1 aliphatic heterocycles. The Kier molecular flexibility index (Phi) is 6.53. The van der Waals surface area contributed by atoms with Crippen molar-refractivity contribution in [1.29, 1.82) is 0 Å². The van der Waals surface area contributed by atoms with Crippen LogP contribution < -0.4 is 10.6 Å². The zero-order valence-electron chi connectivity index (χ0n) is 18.4. The van der Waals surface area contributed by atoms with E-state index in [1.165, 1.54) is 0 Å². The second kappa shape index (κ2) is 9.72. The Morgan fingerprint density at radius 3 is 2.85 bits per heavy atom. The highest BCUT2D eigenvalue weighted by atomic mass is 35.5. The van der Waals surface area contributed by atoms with Crippen molar-refractivity contribution in [2.45, 2.75) is 37.8 Å². The maximum absolute atomic E-state index is 12.8. The number of nitrogens with one attached hydrogen (secondary N) is 3. The van der Waals surface area contributed by atoms with Crippen LogP contribution in [0.2, 0.25) is 10.0 Å². The summed E-state index contributed by atoms with van der Waals surface area (Å²) in [7, 11) is 0. The summed E-state index contributed by atoms with van der Waals surface area (Å²) >= 11 is 12.2. The van der Waals surface area contributed by atoms with Gasteiger partial charge in [0, 0.05) is 39.6 Å². The summed E-state index contributed by atoms with van der Waals surface area (Å²) in [5.74, 6) is -0.114. The average molecular weight is 498 g/mol. The van der Waals surface area contributed by atoms with E-state index in [1.807, 2.05) is 36.5 Å². The molecule has 1 saturated carbocycles. The number of amides is 2. The Balaban J connectivity index is 1.15. The number of H-pyrrole nitrogens is 1. The van der Waals surface area contributed by atoms with Crippen LogP contribution in [0.1, 0.15) is 30.4 Å². The van der Waals surface area contributed by atoms with Crippen LogP contribution in [0.5, 0.6) is 0 Å². The SMILES string of the molecule is O=C1NC2CC(C(=O)NCCc3c[nH]c4ccc(Cl)cc34)CCC2O/C1=C\c1cccc(Cl)c1. The lowest BCUT2D eigenvalue weighted by molar-refractivity contribution is -0.134. The molecular formula is C26H25Cl2N3O3. The van der Waals surface area contributed by atoms with E-state index in [9.17, 15) is 9.59 Å². The first-order chi connectivity index (χ1) is 16.5. The fraction of sp³-hybridized carbons (Fsp3) is 0.308. The highest BCUT2D eigenvalue weighted by molar-refractivity contribution is 6.31. The van der Waals surface area contributed by atoms with Crippen LogP contribution in [0.3, 0.4) is 0 Å². The van der Waals surface area contributed by atoms with Crippen LogP contribution in [-0.4, -0.2) is 35.5 Å². The molecule has 1 aromatic heterocycles. The van der Waals surface area contributed by atoms with E-state index in [0.717, 1.165) is 28.5 Å². The second-order valence-electron chi connectivity index (χ2n) is 8.85. The molecule has 3 unspecified atom stereocenters. The van der Waals surface area contributed by atoms with Gasteiger partial charge in [0.15, 0.2) is 5.76 Å². The number of hydrogen-bond donors (Lipinski definition) is 3. The lowest BCUT2D eigenvalue weighted by Gasteiger charge is -2.39. The monoisotopic (exact) mass is 497 g/mol. The Labute approximate surface area is 207 Å². The summed E-state index contributed by atoms with van der Waals surface area (Å²) in [5.41, 5.74) is 2.95. The van der Waals surface area contributed by atoms with Crippen molar-refractivity contribution in [3.63, 3.8) is 0 Å². The number of aromatic amines is 1. The molecule has 176 valence electrons. The van der Waals surface area contributed by atoms with E-state index in [4.69, 9.17) is 27.9 Å². The van der Waals surface area contributed by atoms with E-state index in [-0.39, 0.29) is 35.6 Å². The Bertz CT molecular complexity index is 1270. The van der Waals surface area contributed by atoms with Gasteiger partial charge in [0.25, 0.3) is 5.91 Å². The summed E-state index contributed by atoms with van der Waals surface area (Å²) in [6, 6.07) is 12.8. The van der Waals surface area contributed by atoms with Crippen molar-refractivity contribution in [3.8, 4) is 0 Å². The third-order valence-corrected chi connectivity index (χ3v) is 7.02. The summed E-state index contributed by atoms with van der Waals surface area (Å²) < 4.78 is 6.02. The Morgan fingerprint density at radius 2 is 2.00 bits per heavy atom. The number of carbonyl (C=O) groups excluding carboxylic acids is 2. The number of halogens is 2. The van der Waals surface area contributed by atoms with Crippen LogP contribution in [0.25, 0.3) is 17.0 Å². The van der Waals surface area contributed by atoms with Gasteiger partial charge in [0.05, 0.1) is 6.04 Å². The van der Waals surface area contributed by atoms with E-state index >= 15 is 0 Å². The molecule has 2 fully saturated rings. The van der Waals surface area contributed by atoms with Gasteiger partial charge in [-0.2, -0.15) is 0 Å². The first-order valence-corrected chi connectivity index (χ1v) is 12.2. The number of fused-ring (bicyclic) bond motifs is 2. The third kappa shape index (κ3) is 4.93. The maximum atomic E-state index is 12.8. The number of ether oxygens (including phenoxy) is 1. The molecule has 2 amide bonds. The summed E-state index contributed by atoms with van der Waals surface area (Å²) in [4.78, 5) is 28.7. The van der Waals surface area contributed by atoms with Gasteiger partial charge in [-0.1, -0.05) is 35.3 Å². The molecule has 34 heavy (non-hydrogen) atoms. The van der Waals surface area contributed by atoms with Crippen molar-refractivity contribution in [3.05, 3.63) is 75.6 Å². The number of carbonyl (C=O) groups is 2. The van der Waals surface area contributed by atoms with Gasteiger partial charge in [-0.15, -0.1) is 0 Å². The van der Waals surface area contributed by atoms with Gasteiger partial charge < -0.3 is 20.4 Å². The molecule has 0 radical (unpaired) electrons. The minimum absolute atomic E-state index is 0.0193. The van der Waals surface area contributed by atoms with Crippen LogP contribution in [-0.2, 0) is 20.7 Å². The molecule has 3 aromatic rings. The fourth-order valence-electron chi connectivity index (χ4n) is 4.80. The number of morpholine rings is 1. The predicted octanol–water partition coefficient (Wildman–Crippen LogP) is 4.86. The van der Waals surface area contributed by atoms with Gasteiger partial charge >= 0.3 is 0 Å². The lowest BCUT2D eigenvalue weighted by atomic mass is 9.82. The predicted molar refractivity (Wildman–Crippen MR) is 134 cm³/mol. The normalized spacial score (nSPS) is 23.3. The second-order valence-corrected chi connectivity index (χ2v) is 9.73. The molecule has 2 aliphatic rings. The maximum Gasteiger partial charge on any atom is 0.286 e. The number of hydrogen-bond acceptors (Lipinski definition) is 3. The Hall–Kier alpha value is -2.96. The van der Waals surface area contributed by atoms with Gasteiger partial charge in [0.1, 0.15) is 6.10 Å². The van der Waals surface area contributed by atoms with Crippen LogP contribution in [0, 0.1) is 5.92 Å². The minimum atomic E-state index is -0.264. The van der Waals surface area contributed by atoms with Crippen molar-refractivity contribution < 1.29 is 14.3 Å². The number of rotatable bonds is 5. The summed E-state index contributed by atoms with van der Waals surface area (Å²) in [5, 5.41) is 8.46. The van der Waals surface area contributed by atoms with Crippen molar-refractivity contribution >= 4 is 52.0 Å². The molecule has 3 N–H and O–H groups in total. The van der Waals surface area contributed by atoms with Crippen LogP contribution >= 0.6 is 23.2 Å². The number of aromatic nitrogens is 1. The average Bonchev–Trinajstić information content (AvgIpc) is 3.21. The van der Waals surface area contributed by atoms with Crippen molar-refractivity contribution in [2.24, 2.45) is 5.92 Å². The molecule has 3 atom stereocenters. The number of benzene rings is 2. The molecule has 0 bridgehead atoms. The Morgan fingerprint density at radius 1 is 1.15 bits per heavy atom. The largest absolute Gasteiger partial charge is 0.483 e. The van der Waals surface area contributed by atoms with Crippen LogP contribution in [0.15, 0.2) is 54.4 Å². The van der Waals surface area contributed by atoms with Gasteiger partial charge in [-0.25, -0.2) is 0 Å². The zero-order chi connectivity index (χ0) is 23.7. The van der Waals surface area contributed by atoms with E-state index in [1.54, 1.807) is 18.2 Å². The first-order valence-electron chi connectivity index (χ1n) is 11.4. The smallest absolute Gasteiger partial charge is 0.286 e. The van der Waals surface area contributed by atoms with Crippen LogP contribution in [0.4, 0.5) is 0 Å². The molecule has 2 heterocycles. The highest BCUT2D eigenvalue weighted by Crippen LogP contribution is 2.32. The van der Waals surface area contributed by atoms with Gasteiger partial charge in [-0.3, -0.25) is 9.59 Å². The van der Waals surface area contributed by atoms with Crippen molar-refractivity contribution in [2.75, 3.05) is 6.54 Å². The molecule has 0 spiro atoms. The molecular weight excluding hydrogens is 473 g/mol. The summed E-state index contributed by atoms with van der Waals surface area (Å²) in [6.07, 6.45) is 6.23. The lowest BCUT2D eigenvalue weighted by Crippen LogP contribution is -2.54. The van der Waals surface area contributed by atoms with E-state index in [2.05, 4.69) is 15.6 Å². The van der Waals surface area contributed by atoms with E-state index < -0.39 is 0 Å². The van der Waals surface area contributed by atoms with Crippen molar-refractivity contribution in [1.82, 2.24) is 15.6 Å². The molecule has 6 nitrogen and oxygen atoms in total. The zero-order valence-corrected chi connectivity index (χ0v) is 20.0. The molecule has 1 aliphatic carbocycles. The molecule has 8 heteroatoms. The highest BCUT2D eigenvalue weighted by Gasteiger charge is 2.40. The molecule has 5 rings (SSSR count). The quantitative estimate of drug-likeness (QED) is 0.440. The third-order valence-electron chi connectivity index (χ3n) is 6.55. The molecule has 2 aromatic carbocycles. The van der Waals surface area contributed by atoms with E-state index in [0.29, 0.717) is 35.9 Å².